The largest absolute Gasteiger partial charge is 0.496 e. The van der Waals surface area contributed by atoms with Gasteiger partial charge in [0, 0.05) is 5.56 Å². The van der Waals surface area contributed by atoms with Gasteiger partial charge in [0.1, 0.15) is 5.75 Å². The zero-order valence-electron chi connectivity index (χ0n) is 9.93. The van der Waals surface area contributed by atoms with E-state index in [2.05, 4.69) is 0 Å². The van der Waals surface area contributed by atoms with Gasteiger partial charge in [0.2, 0.25) is 0 Å². The van der Waals surface area contributed by atoms with Crippen LogP contribution in [0.3, 0.4) is 0 Å². The molecule has 0 aliphatic heterocycles. The summed E-state index contributed by atoms with van der Waals surface area (Å²) >= 11 is 0. The summed E-state index contributed by atoms with van der Waals surface area (Å²) in [6, 6.07) is 4.44. The van der Waals surface area contributed by atoms with E-state index in [-0.39, 0.29) is 11.3 Å². The number of aryl methyl sites for hydroxylation is 1. The second-order valence-corrected chi connectivity index (χ2v) is 3.96. The van der Waals surface area contributed by atoms with Crippen LogP contribution in [0, 0.1) is 0 Å². The molecule has 1 unspecified atom stereocenters. The van der Waals surface area contributed by atoms with Crippen LogP contribution in [-0.2, 0) is 12.0 Å². The molecule has 1 aromatic rings. The molecule has 0 radical (unpaired) electrons. The minimum atomic E-state index is -4.74. The van der Waals surface area contributed by atoms with Crippen molar-refractivity contribution in [1.82, 2.24) is 0 Å². The van der Waals surface area contributed by atoms with Gasteiger partial charge in [-0.25, -0.2) is 0 Å². The standard InChI is InChI=1S/C12H15F3O2/c1-4-8-5-6-10(17-3)9(7-8)11(2,16)12(13,14)15/h5-7,16H,4H2,1-3H3. The lowest BCUT2D eigenvalue weighted by molar-refractivity contribution is -0.259. The molecule has 0 fully saturated rings. The molecule has 0 saturated carbocycles. The maximum Gasteiger partial charge on any atom is 0.421 e. The first-order valence-electron chi connectivity index (χ1n) is 5.20. The number of alkyl halides is 3. The fourth-order valence-corrected chi connectivity index (χ4v) is 1.51. The van der Waals surface area contributed by atoms with Crippen molar-refractivity contribution in [3.05, 3.63) is 29.3 Å². The van der Waals surface area contributed by atoms with E-state index in [1.165, 1.54) is 19.2 Å². The van der Waals surface area contributed by atoms with E-state index in [0.717, 1.165) is 6.92 Å². The lowest BCUT2D eigenvalue weighted by Crippen LogP contribution is -2.39. The van der Waals surface area contributed by atoms with Crippen molar-refractivity contribution in [2.24, 2.45) is 0 Å². The van der Waals surface area contributed by atoms with Crippen molar-refractivity contribution in [2.75, 3.05) is 7.11 Å². The van der Waals surface area contributed by atoms with E-state index < -0.39 is 11.8 Å². The third kappa shape index (κ3) is 2.54. The van der Waals surface area contributed by atoms with Gasteiger partial charge < -0.3 is 9.84 Å². The monoisotopic (exact) mass is 248 g/mol. The lowest BCUT2D eigenvalue weighted by Gasteiger charge is -2.28. The van der Waals surface area contributed by atoms with Crippen LogP contribution in [-0.4, -0.2) is 18.4 Å². The van der Waals surface area contributed by atoms with Crippen molar-refractivity contribution >= 4 is 0 Å². The summed E-state index contributed by atoms with van der Waals surface area (Å²) < 4.78 is 43.2. The molecule has 2 nitrogen and oxygen atoms in total. The fraction of sp³-hybridized carbons (Fsp3) is 0.500. The van der Waals surface area contributed by atoms with Crippen molar-refractivity contribution in [2.45, 2.75) is 32.0 Å². The fourth-order valence-electron chi connectivity index (χ4n) is 1.51. The lowest BCUT2D eigenvalue weighted by atomic mass is 9.92. The molecule has 0 spiro atoms. The van der Waals surface area contributed by atoms with Crippen LogP contribution in [0.5, 0.6) is 5.75 Å². The second kappa shape index (κ2) is 4.56. The highest BCUT2D eigenvalue weighted by molar-refractivity contribution is 5.41. The van der Waals surface area contributed by atoms with Gasteiger partial charge in [-0.05, 0) is 31.0 Å². The average molecular weight is 248 g/mol. The van der Waals surface area contributed by atoms with Gasteiger partial charge in [0.15, 0.2) is 5.60 Å². The summed E-state index contributed by atoms with van der Waals surface area (Å²) in [5.41, 5.74) is -2.46. The molecule has 17 heavy (non-hydrogen) atoms. The van der Waals surface area contributed by atoms with Crippen LogP contribution in [0.2, 0.25) is 0 Å². The van der Waals surface area contributed by atoms with Gasteiger partial charge in [-0.1, -0.05) is 13.0 Å². The average Bonchev–Trinajstić information content (AvgIpc) is 2.26. The molecular formula is C12H15F3O2. The third-order valence-corrected chi connectivity index (χ3v) is 2.75. The highest BCUT2D eigenvalue weighted by atomic mass is 19.4. The topological polar surface area (TPSA) is 29.5 Å². The summed E-state index contributed by atoms with van der Waals surface area (Å²) in [5.74, 6) is 0.0320. The van der Waals surface area contributed by atoms with Gasteiger partial charge >= 0.3 is 6.18 Å². The molecule has 0 aliphatic rings. The Balaban J connectivity index is 3.37. The molecule has 1 N–H and O–H groups in total. The number of hydrogen-bond acceptors (Lipinski definition) is 2. The van der Waals surface area contributed by atoms with Gasteiger partial charge in [-0.15, -0.1) is 0 Å². The molecule has 1 aromatic carbocycles. The van der Waals surface area contributed by atoms with Gasteiger partial charge in [0.25, 0.3) is 0 Å². The molecule has 0 aliphatic carbocycles. The molecule has 5 heteroatoms. The number of aliphatic hydroxyl groups is 1. The summed E-state index contributed by atoms with van der Waals surface area (Å²) in [6.45, 7) is 2.55. The quantitative estimate of drug-likeness (QED) is 0.890. The Bertz CT molecular complexity index is 397. The Hall–Kier alpha value is -1.23. The van der Waals surface area contributed by atoms with Gasteiger partial charge in [-0.2, -0.15) is 13.2 Å². The number of ether oxygens (including phenoxy) is 1. The number of methoxy groups -OCH3 is 1. The zero-order chi connectivity index (χ0) is 13.3. The van der Waals surface area contributed by atoms with Crippen LogP contribution in [0.1, 0.15) is 25.0 Å². The van der Waals surface area contributed by atoms with Crippen LogP contribution in [0.25, 0.3) is 0 Å². The normalized spacial score (nSPS) is 15.5. The molecule has 0 aromatic heterocycles. The molecule has 0 amide bonds. The van der Waals surface area contributed by atoms with Crippen molar-refractivity contribution in [1.29, 1.82) is 0 Å². The number of halogens is 3. The summed E-state index contributed by atoms with van der Waals surface area (Å²) in [7, 11) is 1.27. The van der Waals surface area contributed by atoms with Crippen molar-refractivity contribution in [3.63, 3.8) is 0 Å². The zero-order valence-corrected chi connectivity index (χ0v) is 9.93. The van der Waals surface area contributed by atoms with Crippen molar-refractivity contribution in [3.8, 4) is 5.75 Å². The van der Waals surface area contributed by atoms with Crippen molar-refractivity contribution < 1.29 is 23.0 Å². The minimum Gasteiger partial charge on any atom is -0.496 e. The Morgan fingerprint density at radius 1 is 1.29 bits per heavy atom. The molecule has 1 rings (SSSR count). The SMILES string of the molecule is CCc1ccc(OC)c(C(C)(O)C(F)(F)F)c1. The predicted octanol–water partition coefficient (Wildman–Crippen LogP) is 3.03. The molecule has 96 valence electrons. The maximum absolute atomic E-state index is 12.8. The highest BCUT2D eigenvalue weighted by Gasteiger charge is 2.52. The number of hydrogen-bond donors (Lipinski definition) is 1. The Morgan fingerprint density at radius 3 is 2.29 bits per heavy atom. The van der Waals surface area contributed by atoms with Crippen LogP contribution >= 0.6 is 0 Å². The summed E-state index contributed by atoms with van der Waals surface area (Å²) in [5, 5.41) is 9.65. The first-order chi connectivity index (χ1) is 7.74. The maximum atomic E-state index is 12.8. The summed E-state index contributed by atoms with van der Waals surface area (Å²) in [6.07, 6.45) is -4.16. The summed E-state index contributed by atoms with van der Waals surface area (Å²) in [4.78, 5) is 0. The third-order valence-electron chi connectivity index (χ3n) is 2.75. The first kappa shape index (κ1) is 13.8. The second-order valence-electron chi connectivity index (χ2n) is 3.96. The predicted molar refractivity (Wildman–Crippen MR) is 58.0 cm³/mol. The van der Waals surface area contributed by atoms with E-state index in [1.54, 1.807) is 6.07 Å². The van der Waals surface area contributed by atoms with Crippen LogP contribution in [0.4, 0.5) is 13.2 Å². The molecular weight excluding hydrogens is 233 g/mol. The van der Waals surface area contributed by atoms with Crippen LogP contribution in [0.15, 0.2) is 18.2 Å². The van der Waals surface area contributed by atoms with Gasteiger partial charge in [-0.3, -0.25) is 0 Å². The highest BCUT2D eigenvalue weighted by Crippen LogP contribution is 2.42. The number of benzene rings is 1. The minimum absolute atomic E-state index is 0.0320. The Labute approximate surface area is 98.0 Å². The number of rotatable bonds is 3. The first-order valence-corrected chi connectivity index (χ1v) is 5.20. The van der Waals surface area contributed by atoms with E-state index in [4.69, 9.17) is 4.74 Å². The van der Waals surface area contributed by atoms with E-state index >= 15 is 0 Å². The molecule has 0 bridgehead atoms. The van der Waals surface area contributed by atoms with E-state index in [0.29, 0.717) is 12.0 Å². The molecule has 1 atom stereocenters. The van der Waals surface area contributed by atoms with Crippen LogP contribution < -0.4 is 4.74 Å². The van der Waals surface area contributed by atoms with E-state index in [1.807, 2.05) is 6.92 Å². The Morgan fingerprint density at radius 2 is 1.88 bits per heavy atom. The smallest absolute Gasteiger partial charge is 0.421 e. The Kier molecular flexibility index (Phi) is 3.71. The van der Waals surface area contributed by atoms with E-state index in [9.17, 15) is 18.3 Å². The van der Waals surface area contributed by atoms with Gasteiger partial charge in [0.05, 0.1) is 7.11 Å². The molecule has 0 saturated heterocycles. The molecule has 0 heterocycles.